The van der Waals surface area contributed by atoms with E-state index in [0.29, 0.717) is 49.1 Å². The van der Waals surface area contributed by atoms with Crippen molar-refractivity contribution in [3.8, 4) is 5.75 Å². The summed E-state index contributed by atoms with van der Waals surface area (Å²) in [5, 5.41) is 0.418. The Morgan fingerprint density at radius 3 is 2.44 bits per heavy atom. The molecule has 1 aliphatic heterocycles. The van der Waals surface area contributed by atoms with Crippen molar-refractivity contribution >= 4 is 79.5 Å². The lowest BCUT2D eigenvalue weighted by Crippen LogP contribution is -2.40. The van der Waals surface area contributed by atoms with E-state index in [1.807, 2.05) is 30.3 Å². The Labute approximate surface area is 290 Å². The van der Waals surface area contributed by atoms with Crippen LogP contribution >= 0.6 is 61.5 Å². The molecule has 0 unspecified atom stereocenters. The molecule has 232 valence electrons. The van der Waals surface area contributed by atoms with Gasteiger partial charge < -0.3 is 14.2 Å². The van der Waals surface area contributed by atoms with Crippen LogP contribution in [-0.4, -0.2) is 29.7 Å². The van der Waals surface area contributed by atoms with Crippen molar-refractivity contribution in [2.24, 2.45) is 4.99 Å². The first-order valence-electron chi connectivity index (χ1n) is 13.9. The zero-order valence-electron chi connectivity index (χ0n) is 24.4. The van der Waals surface area contributed by atoms with Crippen LogP contribution in [0, 0.1) is 3.57 Å². The van der Waals surface area contributed by atoms with Crippen LogP contribution in [0.5, 0.6) is 5.75 Å². The van der Waals surface area contributed by atoms with Crippen LogP contribution < -0.4 is 19.6 Å². The molecule has 1 aromatic heterocycles. The van der Waals surface area contributed by atoms with Crippen LogP contribution in [-0.2, 0) is 20.9 Å². The molecular weight excluding hydrogens is 795 g/mol. The molecule has 5 rings (SSSR count). The van der Waals surface area contributed by atoms with Crippen LogP contribution in [0.4, 0.5) is 0 Å². The van der Waals surface area contributed by atoms with Gasteiger partial charge in [-0.2, -0.15) is 0 Å². The second-order valence-corrected chi connectivity index (χ2v) is 13.3. The highest BCUT2D eigenvalue weighted by atomic mass is 127. The third kappa shape index (κ3) is 7.11. The minimum Gasteiger partial charge on any atom is -0.487 e. The molecule has 0 aliphatic carbocycles. The van der Waals surface area contributed by atoms with Gasteiger partial charge in [-0.3, -0.25) is 9.36 Å². The number of aromatic nitrogens is 1. The minimum absolute atomic E-state index is 0.176. The number of hydrogen-bond donors (Lipinski definition) is 0. The smallest absolute Gasteiger partial charge is 0.338 e. The molecule has 0 fully saturated rings. The Bertz CT molecular complexity index is 2000. The van der Waals surface area contributed by atoms with E-state index in [2.05, 4.69) is 43.5 Å². The fraction of sp³-hybridized carbons (Fsp3) is 0.212. The summed E-state index contributed by atoms with van der Waals surface area (Å²) < 4.78 is 20.3. The highest BCUT2D eigenvalue weighted by molar-refractivity contribution is 14.1. The number of carbonyl (C=O) groups is 2. The monoisotopic (exact) mass is 820 g/mol. The first kappa shape index (κ1) is 33.1. The molecule has 12 heteroatoms. The molecule has 4 aromatic rings. The van der Waals surface area contributed by atoms with Crippen LogP contribution in [0.2, 0.25) is 5.02 Å². The summed E-state index contributed by atoms with van der Waals surface area (Å²) in [4.78, 5) is 44.4. The molecule has 0 spiro atoms. The van der Waals surface area contributed by atoms with E-state index in [1.54, 1.807) is 57.2 Å². The summed E-state index contributed by atoms with van der Waals surface area (Å²) in [5.41, 5.74) is 2.99. The molecule has 0 saturated carbocycles. The summed E-state index contributed by atoms with van der Waals surface area (Å²) in [7, 11) is 0. The van der Waals surface area contributed by atoms with Gasteiger partial charge in [0.2, 0.25) is 0 Å². The summed E-state index contributed by atoms with van der Waals surface area (Å²) >= 11 is 13.6. The van der Waals surface area contributed by atoms with Gasteiger partial charge in [-0.1, -0.05) is 69.2 Å². The Balaban J connectivity index is 1.57. The van der Waals surface area contributed by atoms with Gasteiger partial charge in [-0.25, -0.2) is 14.6 Å². The molecule has 0 amide bonds. The van der Waals surface area contributed by atoms with Gasteiger partial charge in [0.1, 0.15) is 18.4 Å². The predicted molar refractivity (Wildman–Crippen MR) is 185 cm³/mol. The predicted octanol–water partition coefficient (Wildman–Crippen LogP) is 6.57. The molecule has 8 nitrogen and oxygen atoms in total. The topological polar surface area (TPSA) is 96.2 Å². The normalized spacial score (nSPS) is 14.5. The maximum absolute atomic E-state index is 14.1. The molecule has 0 bridgehead atoms. The highest BCUT2D eigenvalue weighted by Crippen LogP contribution is 2.35. The summed E-state index contributed by atoms with van der Waals surface area (Å²) in [6, 6.07) is 17.1. The second-order valence-electron chi connectivity index (χ2n) is 9.84. The Morgan fingerprint density at radius 2 is 1.76 bits per heavy atom. The van der Waals surface area contributed by atoms with Gasteiger partial charge >= 0.3 is 11.9 Å². The molecule has 0 radical (unpaired) electrons. The minimum atomic E-state index is -0.813. The van der Waals surface area contributed by atoms with Crippen molar-refractivity contribution in [2.75, 3.05) is 13.2 Å². The number of rotatable bonds is 9. The number of benzene rings is 3. The third-order valence-electron chi connectivity index (χ3n) is 6.89. The van der Waals surface area contributed by atoms with E-state index < -0.39 is 12.0 Å². The van der Waals surface area contributed by atoms with E-state index in [4.69, 9.17) is 25.8 Å². The van der Waals surface area contributed by atoms with E-state index in [1.165, 1.54) is 15.9 Å². The summed E-state index contributed by atoms with van der Waals surface area (Å²) in [6.07, 6.45) is 1.77. The zero-order chi connectivity index (χ0) is 32.2. The van der Waals surface area contributed by atoms with Gasteiger partial charge in [-0.05, 0) is 90.9 Å². The van der Waals surface area contributed by atoms with Gasteiger partial charge in [0.25, 0.3) is 5.56 Å². The number of halogens is 3. The number of carbonyl (C=O) groups excluding carboxylic acids is 2. The fourth-order valence-corrected chi connectivity index (χ4v) is 7.85. The average Bonchev–Trinajstić information content (AvgIpc) is 3.30. The summed E-state index contributed by atoms with van der Waals surface area (Å²) in [6.45, 7) is 5.94. The Morgan fingerprint density at radius 1 is 1.07 bits per heavy atom. The fourth-order valence-electron chi connectivity index (χ4n) is 4.87. The summed E-state index contributed by atoms with van der Waals surface area (Å²) in [5.74, 6) is -0.340. The number of fused-ring (bicyclic) bond motifs is 1. The molecule has 1 atom stereocenters. The molecule has 0 saturated heterocycles. The molecule has 0 N–H and O–H groups in total. The van der Waals surface area contributed by atoms with Crippen molar-refractivity contribution in [2.45, 2.75) is 33.4 Å². The van der Waals surface area contributed by atoms with Gasteiger partial charge in [0.15, 0.2) is 4.80 Å². The van der Waals surface area contributed by atoms with Crippen LogP contribution in [0.1, 0.15) is 53.9 Å². The Hall–Kier alpha value is -3.26. The lowest BCUT2D eigenvalue weighted by atomic mass is 9.96. The van der Waals surface area contributed by atoms with Crippen LogP contribution in [0.3, 0.4) is 0 Å². The van der Waals surface area contributed by atoms with Gasteiger partial charge in [-0.15, -0.1) is 0 Å². The molecule has 3 aromatic carbocycles. The lowest BCUT2D eigenvalue weighted by molar-refractivity contribution is -0.139. The molecule has 1 aliphatic rings. The quantitative estimate of drug-likeness (QED) is 0.140. The third-order valence-corrected chi connectivity index (χ3v) is 9.48. The van der Waals surface area contributed by atoms with E-state index in [9.17, 15) is 14.4 Å². The lowest BCUT2D eigenvalue weighted by Gasteiger charge is -2.25. The largest absolute Gasteiger partial charge is 0.487 e. The highest BCUT2D eigenvalue weighted by Gasteiger charge is 2.34. The Kier molecular flexibility index (Phi) is 10.6. The van der Waals surface area contributed by atoms with Crippen LogP contribution in [0.15, 0.2) is 86.2 Å². The van der Waals surface area contributed by atoms with Gasteiger partial charge in [0.05, 0.1) is 38.1 Å². The average molecular weight is 822 g/mol. The van der Waals surface area contributed by atoms with Crippen LogP contribution in [0.25, 0.3) is 6.08 Å². The molecule has 45 heavy (non-hydrogen) atoms. The standard InChI is InChI=1S/C33H27BrClIN2O6S/c1-4-42-31(40)20-12-10-19(11-13-20)17-44-29-21(14-22(34)16-25(29)36)15-26-30(39)38-28(23-8-6-7-9-24(23)35)27(32(41)43-5-2)18(3)37-33(38)45-26/h6-16,28H,4-5,17H2,1-3H3/b26-15-/t28-/m1/s1. The molecular formula is C33H27BrClIN2O6S. The number of allylic oxidation sites excluding steroid dienone is 1. The van der Waals surface area contributed by atoms with Crippen molar-refractivity contribution in [1.82, 2.24) is 4.57 Å². The van der Waals surface area contributed by atoms with Crippen molar-refractivity contribution in [3.63, 3.8) is 0 Å². The number of ether oxygens (including phenoxy) is 3. The number of nitrogens with zero attached hydrogens (tertiary/aromatic N) is 2. The van der Waals surface area contributed by atoms with Gasteiger partial charge in [0, 0.05) is 15.1 Å². The first-order chi connectivity index (χ1) is 21.6. The van der Waals surface area contributed by atoms with Crippen molar-refractivity contribution in [1.29, 1.82) is 0 Å². The number of hydrogen-bond acceptors (Lipinski definition) is 8. The van der Waals surface area contributed by atoms with E-state index in [-0.39, 0.29) is 30.3 Å². The SMILES string of the molecule is CCOC(=O)C1=C(C)N=c2s/c(=C\c3cc(Br)cc(I)c3OCc3ccc(C(=O)OCC)cc3)c(=O)n2[C@@H]1c1ccccc1Cl. The van der Waals surface area contributed by atoms with Crippen molar-refractivity contribution in [3.05, 3.63) is 127 Å². The number of esters is 2. The maximum Gasteiger partial charge on any atom is 0.338 e. The zero-order valence-corrected chi connectivity index (χ0v) is 29.8. The maximum atomic E-state index is 14.1. The van der Waals surface area contributed by atoms with E-state index >= 15 is 0 Å². The van der Waals surface area contributed by atoms with Crippen molar-refractivity contribution < 1.29 is 23.8 Å². The second kappa shape index (κ2) is 14.4. The first-order valence-corrected chi connectivity index (χ1v) is 17.0. The van der Waals surface area contributed by atoms with E-state index in [0.717, 1.165) is 13.6 Å². The molecule has 2 heterocycles. The number of thiazole rings is 1.